The van der Waals surface area contributed by atoms with Gasteiger partial charge in [-0.3, -0.25) is 10.1 Å². The Morgan fingerprint density at radius 1 is 1.00 bits per heavy atom. The van der Waals surface area contributed by atoms with Crippen LogP contribution in [0.25, 0.3) is 0 Å². The molecule has 0 unspecified atom stereocenters. The zero-order valence-electron chi connectivity index (χ0n) is 16.3. The number of nitro benzene ring substituents is 1. The number of methoxy groups -OCH3 is 1. The summed E-state index contributed by atoms with van der Waals surface area (Å²) in [6.07, 6.45) is 0. The summed E-state index contributed by atoms with van der Waals surface area (Å²) in [6.45, 7) is 2.48. The minimum Gasteiger partial charge on any atom is -0.493 e. The van der Waals surface area contributed by atoms with Crippen LogP contribution in [0.2, 0.25) is 0 Å². The third-order valence-electron chi connectivity index (χ3n) is 4.35. The van der Waals surface area contributed by atoms with E-state index in [1.165, 1.54) is 0 Å². The Balaban J connectivity index is 1.64. The van der Waals surface area contributed by atoms with E-state index in [0.29, 0.717) is 23.6 Å². The molecule has 0 bridgehead atoms. The Morgan fingerprint density at radius 3 is 2.52 bits per heavy atom. The van der Waals surface area contributed by atoms with E-state index in [-0.39, 0.29) is 12.3 Å². The first-order chi connectivity index (χ1) is 14.1. The maximum atomic E-state index is 11.3. The molecule has 0 spiro atoms. The molecule has 29 heavy (non-hydrogen) atoms. The quantitative estimate of drug-likeness (QED) is 0.408. The number of hydrogen-bond acceptors (Lipinski definition) is 6. The van der Waals surface area contributed by atoms with Crippen LogP contribution in [-0.4, -0.2) is 12.0 Å². The predicted molar refractivity (Wildman–Crippen MR) is 112 cm³/mol. The van der Waals surface area contributed by atoms with Gasteiger partial charge in [-0.05, 0) is 48.4 Å². The molecule has 3 rings (SSSR count). The van der Waals surface area contributed by atoms with Crippen molar-refractivity contribution in [2.45, 2.75) is 20.1 Å². The van der Waals surface area contributed by atoms with Crippen molar-refractivity contribution < 1.29 is 14.4 Å². The molecular weight excluding hydrogens is 370 g/mol. The Kier molecular flexibility index (Phi) is 6.65. The molecule has 0 amide bonds. The molecule has 0 atom stereocenters. The Bertz CT molecular complexity index is 977. The Hall–Kier alpha value is -3.58. The van der Waals surface area contributed by atoms with Crippen LogP contribution in [0.5, 0.6) is 11.5 Å². The summed E-state index contributed by atoms with van der Waals surface area (Å²) in [5, 5.41) is 11.3. The van der Waals surface area contributed by atoms with Crippen LogP contribution in [0.3, 0.4) is 0 Å². The second kappa shape index (κ2) is 9.57. The first-order valence-corrected chi connectivity index (χ1v) is 9.14. The number of hydrazine groups is 1. The first kappa shape index (κ1) is 20.2. The molecule has 0 heterocycles. The Morgan fingerprint density at radius 2 is 1.79 bits per heavy atom. The van der Waals surface area contributed by atoms with Crippen molar-refractivity contribution in [2.75, 3.05) is 12.5 Å². The van der Waals surface area contributed by atoms with Crippen LogP contribution in [0, 0.1) is 17.0 Å². The van der Waals surface area contributed by atoms with Gasteiger partial charge in [-0.1, -0.05) is 30.3 Å². The lowest BCUT2D eigenvalue weighted by Gasteiger charge is -2.13. The highest BCUT2D eigenvalue weighted by Gasteiger charge is 2.15. The SMILES string of the molecule is COc1cc(CNNc2ccccc2)ccc1OCc1ccc(C)cc1[N+](=O)[O-]. The van der Waals surface area contributed by atoms with Crippen LogP contribution in [-0.2, 0) is 13.2 Å². The summed E-state index contributed by atoms with van der Waals surface area (Å²) in [6, 6.07) is 20.5. The normalized spacial score (nSPS) is 10.4. The average Bonchev–Trinajstić information content (AvgIpc) is 2.74. The van der Waals surface area contributed by atoms with Crippen LogP contribution in [0.1, 0.15) is 16.7 Å². The highest BCUT2D eigenvalue weighted by atomic mass is 16.6. The van der Waals surface area contributed by atoms with Gasteiger partial charge in [0.05, 0.1) is 17.6 Å². The standard InChI is InChI=1S/C22H23N3O4/c1-16-8-10-18(20(12-16)25(26)27)15-29-21-11-9-17(13-22(21)28-2)14-23-24-19-6-4-3-5-7-19/h3-13,23-24H,14-15H2,1-2H3. The number of benzene rings is 3. The topological polar surface area (TPSA) is 85.7 Å². The van der Waals surface area contributed by atoms with Crippen LogP contribution in [0.4, 0.5) is 11.4 Å². The fourth-order valence-electron chi connectivity index (χ4n) is 2.83. The number of rotatable bonds is 9. The number of para-hydroxylation sites is 1. The molecule has 0 fully saturated rings. The third kappa shape index (κ3) is 5.46. The minimum atomic E-state index is -0.391. The number of nitrogens with one attached hydrogen (secondary N) is 2. The average molecular weight is 393 g/mol. The summed E-state index contributed by atoms with van der Waals surface area (Å²) in [4.78, 5) is 10.9. The van der Waals surface area contributed by atoms with Crippen molar-refractivity contribution in [3.63, 3.8) is 0 Å². The zero-order chi connectivity index (χ0) is 20.6. The lowest BCUT2D eigenvalue weighted by atomic mass is 10.1. The van der Waals surface area contributed by atoms with E-state index in [4.69, 9.17) is 9.47 Å². The highest BCUT2D eigenvalue weighted by Crippen LogP contribution is 2.30. The highest BCUT2D eigenvalue weighted by molar-refractivity contribution is 5.46. The largest absolute Gasteiger partial charge is 0.493 e. The molecule has 0 aliphatic carbocycles. The van der Waals surface area contributed by atoms with Crippen molar-refractivity contribution in [1.29, 1.82) is 0 Å². The van der Waals surface area contributed by atoms with Gasteiger partial charge in [0.1, 0.15) is 6.61 Å². The maximum Gasteiger partial charge on any atom is 0.276 e. The summed E-state index contributed by atoms with van der Waals surface area (Å²) in [5.74, 6) is 1.10. The van der Waals surface area contributed by atoms with E-state index < -0.39 is 4.92 Å². The fourth-order valence-corrected chi connectivity index (χ4v) is 2.83. The van der Waals surface area contributed by atoms with Gasteiger partial charge in [0.2, 0.25) is 0 Å². The van der Waals surface area contributed by atoms with E-state index in [0.717, 1.165) is 16.8 Å². The molecular formula is C22H23N3O4. The molecule has 3 aromatic carbocycles. The van der Waals surface area contributed by atoms with Gasteiger partial charge in [0, 0.05) is 18.3 Å². The van der Waals surface area contributed by atoms with E-state index >= 15 is 0 Å². The summed E-state index contributed by atoms with van der Waals surface area (Å²) in [7, 11) is 1.57. The van der Waals surface area contributed by atoms with Crippen LogP contribution >= 0.6 is 0 Å². The molecule has 7 nitrogen and oxygen atoms in total. The molecule has 3 aromatic rings. The van der Waals surface area contributed by atoms with Gasteiger partial charge in [-0.2, -0.15) is 0 Å². The van der Waals surface area contributed by atoms with Gasteiger partial charge in [0.25, 0.3) is 5.69 Å². The smallest absolute Gasteiger partial charge is 0.276 e. The molecule has 0 saturated heterocycles. The van der Waals surface area contributed by atoms with Crippen LogP contribution < -0.4 is 20.3 Å². The van der Waals surface area contributed by atoms with Gasteiger partial charge in [-0.25, -0.2) is 5.43 Å². The molecule has 150 valence electrons. The molecule has 0 saturated carbocycles. The molecule has 7 heteroatoms. The molecule has 0 radical (unpaired) electrons. The maximum absolute atomic E-state index is 11.3. The van der Waals surface area contributed by atoms with E-state index in [9.17, 15) is 10.1 Å². The predicted octanol–water partition coefficient (Wildman–Crippen LogP) is 4.61. The van der Waals surface area contributed by atoms with Gasteiger partial charge < -0.3 is 14.9 Å². The number of nitro groups is 1. The van der Waals surface area contributed by atoms with Crippen molar-refractivity contribution in [3.05, 3.63) is 93.5 Å². The van der Waals surface area contributed by atoms with Crippen molar-refractivity contribution >= 4 is 11.4 Å². The van der Waals surface area contributed by atoms with Gasteiger partial charge in [-0.15, -0.1) is 0 Å². The Labute approximate surface area is 169 Å². The van der Waals surface area contributed by atoms with Crippen molar-refractivity contribution in [2.24, 2.45) is 0 Å². The number of aryl methyl sites for hydroxylation is 1. The molecule has 0 aliphatic rings. The lowest BCUT2D eigenvalue weighted by Crippen LogP contribution is -2.20. The third-order valence-corrected chi connectivity index (χ3v) is 4.35. The first-order valence-electron chi connectivity index (χ1n) is 9.14. The summed E-state index contributed by atoms with van der Waals surface area (Å²) in [5.41, 5.74) is 9.65. The number of nitrogens with zero attached hydrogens (tertiary/aromatic N) is 1. The molecule has 0 aliphatic heterocycles. The van der Waals surface area contributed by atoms with Gasteiger partial charge >= 0.3 is 0 Å². The number of anilines is 1. The van der Waals surface area contributed by atoms with Crippen LogP contribution in [0.15, 0.2) is 66.7 Å². The molecule has 0 aromatic heterocycles. The minimum absolute atomic E-state index is 0.0526. The van der Waals surface area contributed by atoms with Crippen molar-refractivity contribution in [3.8, 4) is 11.5 Å². The monoisotopic (exact) mass is 393 g/mol. The zero-order valence-corrected chi connectivity index (χ0v) is 16.3. The van der Waals surface area contributed by atoms with E-state index in [1.54, 1.807) is 25.3 Å². The second-order valence-electron chi connectivity index (χ2n) is 6.51. The summed E-state index contributed by atoms with van der Waals surface area (Å²) < 4.78 is 11.2. The fraction of sp³-hybridized carbons (Fsp3) is 0.182. The van der Waals surface area contributed by atoms with E-state index in [1.807, 2.05) is 55.5 Å². The van der Waals surface area contributed by atoms with Crippen molar-refractivity contribution in [1.82, 2.24) is 5.43 Å². The number of hydrogen-bond donors (Lipinski definition) is 2. The van der Waals surface area contributed by atoms with Gasteiger partial charge in [0.15, 0.2) is 11.5 Å². The van der Waals surface area contributed by atoms with E-state index in [2.05, 4.69) is 10.9 Å². The lowest BCUT2D eigenvalue weighted by molar-refractivity contribution is -0.385. The molecule has 2 N–H and O–H groups in total. The number of ether oxygens (including phenoxy) is 2. The second-order valence-corrected chi connectivity index (χ2v) is 6.51. The summed E-state index contributed by atoms with van der Waals surface area (Å²) >= 11 is 0.